The fraction of sp³-hybridized carbons (Fsp3) is 0.462. The average Bonchev–Trinajstić information content (AvgIpc) is 2.79. The van der Waals surface area contributed by atoms with Crippen LogP contribution in [0.5, 0.6) is 0 Å². The van der Waals surface area contributed by atoms with Crippen molar-refractivity contribution in [3.05, 3.63) is 29.3 Å². The molecule has 0 aliphatic rings. The van der Waals surface area contributed by atoms with Crippen molar-refractivity contribution in [3.63, 3.8) is 0 Å². The highest BCUT2D eigenvalue weighted by Gasteiger charge is 2.11. The van der Waals surface area contributed by atoms with E-state index in [2.05, 4.69) is 48.6 Å². The van der Waals surface area contributed by atoms with Crippen LogP contribution < -0.4 is 5.32 Å². The van der Waals surface area contributed by atoms with Crippen LogP contribution in [0.15, 0.2) is 24.3 Å². The maximum Gasteiger partial charge on any atom is 0.111 e. The molecule has 2 nitrogen and oxygen atoms in total. The van der Waals surface area contributed by atoms with E-state index >= 15 is 0 Å². The van der Waals surface area contributed by atoms with Gasteiger partial charge in [0.1, 0.15) is 5.01 Å². The summed E-state index contributed by atoms with van der Waals surface area (Å²) in [6.45, 7) is 5.45. The van der Waals surface area contributed by atoms with Crippen LogP contribution in [-0.2, 0) is 0 Å². The fourth-order valence-electron chi connectivity index (χ4n) is 1.59. The Morgan fingerprint density at radius 1 is 1.35 bits per heavy atom. The number of aromatic nitrogens is 1. The quantitative estimate of drug-likeness (QED) is 0.893. The summed E-state index contributed by atoms with van der Waals surface area (Å²) in [5.74, 6) is 0. The normalized spacial score (nSPS) is 15.0. The molecule has 0 radical (unpaired) electrons. The zero-order valence-electron chi connectivity index (χ0n) is 10.4. The number of benzene rings is 1. The highest BCUT2D eigenvalue weighted by Crippen LogP contribution is 2.26. The highest BCUT2D eigenvalue weighted by molar-refractivity contribution is 7.99. The van der Waals surface area contributed by atoms with E-state index in [1.807, 2.05) is 17.8 Å². The zero-order chi connectivity index (χ0) is 12.3. The van der Waals surface area contributed by atoms with Crippen LogP contribution in [0.1, 0.15) is 24.9 Å². The molecule has 0 bridgehead atoms. The van der Waals surface area contributed by atoms with E-state index in [0.717, 1.165) is 12.1 Å². The van der Waals surface area contributed by atoms with Gasteiger partial charge in [-0.15, -0.1) is 11.3 Å². The maximum atomic E-state index is 4.67. The average molecular weight is 266 g/mol. The largest absolute Gasteiger partial charge is 0.307 e. The number of thioether (sulfide) groups is 1. The first-order valence-electron chi connectivity index (χ1n) is 5.82. The number of hydrogen-bond acceptors (Lipinski definition) is 4. The molecule has 0 aliphatic carbocycles. The van der Waals surface area contributed by atoms with Crippen molar-refractivity contribution >= 4 is 33.3 Å². The first kappa shape index (κ1) is 12.9. The number of thiazole rings is 1. The van der Waals surface area contributed by atoms with Crippen LogP contribution in [0.3, 0.4) is 0 Å². The van der Waals surface area contributed by atoms with Crippen LogP contribution in [0.25, 0.3) is 10.2 Å². The van der Waals surface area contributed by atoms with Gasteiger partial charge in [0.2, 0.25) is 0 Å². The molecule has 0 fully saturated rings. The Hall–Kier alpha value is -0.580. The van der Waals surface area contributed by atoms with Crippen LogP contribution in [0.2, 0.25) is 0 Å². The Balaban J connectivity index is 2.06. The molecule has 4 heteroatoms. The third-order valence-electron chi connectivity index (χ3n) is 2.79. The van der Waals surface area contributed by atoms with Gasteiger partial charge in [-0.3, -0.25) is 0 Å². The first-order valence-corrected chi connectivity index (χ1v) is 7.93. The molecular formula is C13H18N2S2. The lowest BCUT2D eigenvalue weighted by molar-refractivity contribution is 0.574. The Kier molecular flexibility index (Phi) is 4.42. The van der Waals surface area contributed by atoms with Crippen LogP contribution in [0.4, 0.5) is 0 Å². The smallest absolute Gasteiger partial charge is 0.111 e. The van der Waals surface area contributed by atoms with Gasteiger partial charge in [-0.1, -0.05) is 19.1 Å². The summed E-state index contributed by atoms with van der Waals surface area (Å²) >= 11 is 3.67. The topological polar surface area (TPSA) is 24.9 Å². The Bertz CT molecular complexity index is 448. The highest BCUT2D eigenvalue weighted by atomic mass is 32.2. The zero-order valence-corrected chi connectivity index (χ0v) is 12.1. The SMILES string of the molecule is CSC(C)CNC(C)c1nc2ccccc2s1. The van der Waals surface area contributed by atoms with Crippen molar-refractivity contribution in [3.8, 4) is 0 Å². The second-order valence-corrected chi connectivity index (χ2v) is 6.53. The molecule has 1 aromatic heterocycles. The van der Waals surface area contributed by atoms with Crippen molar-refractivity contribution in [2.75, 3.05) is 12.8 Å². The van der Waals surface area contributed by atoms with Crippen molar-refractivity contribution in [2.45, 2.75) is 25.1 Å². The van der Waals surface area contributed by atoms with Gasteiger partial charge in [0.25, 0.3) is 0 Å². The predicted octanol–water partition coefficient (Wildman–Crippen LogP) is 3.70. The molecule has 0 saturated carbocycles. The van der Waals surface area contributed by atoms with E-state index in [9.17, 15) is 0 Å². The molecule has 1 N–H and O–H groups in total. The van der Waals surface area contributed by atoms with Gasteiger partial charge < -0.3 is 5.32 Å². The summed E-state index contributed by atoms with van der Waals surface area (Å²) < 4.78 is 1.27. The van der Waals surface area contributed by atoms with E-state index in [4.69, 9.17) is 0 Å². The summed E-state index contributed by atoms with van der Waals surface area (Å²) in [5.41, 5.74) is 1.11. The van der Waals surface area contributed by atoms with Crippen LogP contribution in [-0.4, -0.2) is 23.0 Å². The summed E-state index contributed by atoms with van der Waals surface area (Å²) in [7, 11) is 0. The lowest BCUT2D eigenvalue weighted by atomic mass is 10.3. The van der Waals surface area contributed by atoms with Gasteiger partial charge in [-0.2, -0.15) is 11.8 Å². The Morgan fingerprint density at radius 2 is 2.12 bits per heavy atom. The van der Waals surface area contributed by atoms with Crippen molar-refractivity contribution in [2.24, 2.45) is 0 Å². The molecule has 2 aromatic rings. The van der Waals surface area contributed by atoms with Gasteiger partial charge in [0.05, 0.1) is 16.3 Å². The number of rotatable bonds is 5. The first-order chi connectivity index (χ1) is 8.20. The predicted molar refractivity (Wildman–Crippen MR) is 79.0 cm³/mol. The molecule has 1 heterocycles. The number of nitrogens with zero attached hydrogens (tertiary/aromatic N) is 1. The second kappa shape index (κ2) is 5.85. The molecular weight excluding hydrogens is 248 g/mol. The van der Waals surface area contributed by atoms with E-state index in [-0.39, 0.29) is 0 Å². The molecule has 0 aliphatic heterocycles. The molecule has 17 heavy (non-hydrogen) atoms. The molecule has 0 spiro atoms. The van der Waals surface area contributed by atoms with Crippen LogP contribution >= 0.6 is 23.1 Å². The van der Waals surface area contributed by atoms with E-state index in [1.54, 1.807) is 11.3 Å². The fourth-order valence-corrected chi connectivity index (χ4v) is 2.85. The summed E-state index contributed by atoms with van der Waals surface area (Å²) in [5, 5.41) is 5.36. The van der Waals surface area contributed by atoms with Gasteiger partial charge in [0.15, 0.2) is 0 Å². The van der Waals surface area contributed by atoms with E-state index in [1.165, 1.54) is 9.71 Å². The minimum Gasteiger partial charge on any atom is -0.307 e. The minimum atomic E-state index is 0.335. The van der Waals surface area contributed by atoms with Crippen molar-refractivity contribution in [1.29, 1.82) is 0 Å². The molecule has 1 aromatic carbocycles. The third-order valence-corrected chi connectivity index (χ3v) is 4.99. The monoisotopic (exact) mass is 266 g/mol. The minimum absolute atomic E-state index is 0.335. The Labute approximate surface area is 111 Å². The van der Waals surface area contributed by atoms with E-state index < -0.39 is 0 Å². The summed E-state index contributed by atoms with van der Waals surface area (Å²) in [6, 6.07) is 8.65. The molecule has 0 saturated heterocycles. The molecule has 0 amide bonds. The third kappa shape index (κ3) is 3.21. The molecule has 2 rings (SSSR count). The molecule has 2 atom stereocenters. The standard InChI is InChI=1S/C13H18N2S2/c1-9(16-3)8-14-10(2)13-15-11-6-4-5-7-12(11)17-13/h4-7,9-10,14H,8H2,1-3H3. The molecule has 92 valence electrons. The second-order valence-electron chi connectivity index (χ2n) is 4.20. The van der Waals surface area contributed by atoms with Gasteiger partial charge in [-0.25, -0.2) is 4.98 Å². The summed E-state index contributed by atoms with van der Waals surface area (Å²) in [6.07, 6.45) is 2.15. The van der Waals surface area contributed by atoms with Crippen LogP contribution in [0, 0.1) is 0 Å². The molecule has 2 unspecified atom stereocenters. The van der Waals surface area contributed by atoms with Crippen molar-refractivity contribution in [1.82, 2.24) is 10.3 Å². The Morgan fingerprint density at radius 3 is 2.82 bits per heavy atom. The number of nitrogens with one attached hydrogen (secondary N) is 1. The number of para-hydroxylation sites is 1. The summed E-state index contributed by atoms with van der Waals surface area (Å²) in [4.78, 5) is 4.67. The van der Waals surface area contributed by atoms with Gasteiger partial charge in [-0.05, 0) is 25.3 Å². The number of fused-ring (bicyclic) bond motifs is 1. The van der Waals surface area contributed by atoms with E-state index in [0.29, 0.717) is 11.3 Å². The van der Waals surface area contributed by atoms with Crippen molar-refractivity contribution < 1.29 is 0 Å². The lowest BCUT2D eigenvalue weighted by Gasteiger charge is -2.14. The van der Waals surface area contributed by atoms with Gasteiger partial charge >= 0.3 is 0 Å². The lowest BCUT2D eigenvalue weighted by Crippen LogP contribution is -2.25. The maximum absolute atomic E-state index is 4.67. The number of hydrogen-bond donors (Lipinski definition) is 1. The van der Waals surface area contributed by atoms with Gasteiger partial charge in [0, 0.05) is 11.8 Å².